The molecule has 2 rings (SSSR count). The Kier molecular flexibility index (Phi) is 5.38. The number of nitrogens with zero attached hydrogens (tertiary/aromatic N) is 1. The zero-order chi connectivity index (χ0) is 15.7. The molecule has 1 saturated heterocycles. The fraction of sp³-hybridized carbons (Fsp3) is 1.00. The minimum absolute atomic E-state index is 0.324. The van der Waals surface area contributed by atoms with Crippen LogP contribution in [0.2, 0.25) is 0 Å². The number of rotatable bonds is 7. The predicted molar refractivity (Wildman–Crippen MR) is 89.6 cm³/mol. The van der Waals surface area contributed by atoms with E-state index in [9.17, 15) is 0 Å². The Balaban J connectivity index is 2.03. The smallest absolute Gasteiger partial charge is 0.0467 e. The fourth-order valence-corrected chi connectivity index (χ4v) is 3.89. The third-order valence-corrected chi connectivity index (χ3v) is 5.58. The lowest BCUT2D eigenvalue weighted by Crippen LogP contribution is -2.66. The Labute approximate surface area is 131 Å². The van der Waals surface area contributed by atoms with E-state index in [1.807, 2.05) is 7.11 Å². The molecule has 1 saturated carbocycles. The highest BCUT2D eigenvalue weighted by Crippen LogP contribution is 2.42. The second-order valence-corrected chi connectivity index (χ2v) is 8.70. The predicted octanol–water partition coefficient (Wildman–Crippen LogP) is 3.15. The average molecular weight is 296 g/mol. The SMILES string of the molecule is COCCC(C)(C)CN1CC(C)(C2CC2)NCC1C(C)C. The molecule has 1 aliphatic carbocycles. The summed E-state index contributed by atoms with van der Waals surface area (Å²) in [6, 6.07) is 0.665. The van der Waals surface area contributed by atoms with Gasteiger partial charge < -0.3 is 10.1 Å². The lowest BCUT2D eigenvalue weighted by atomic mass is 9.83. The molecule has 1 aliphatic heterocycles. The van der Waals surface area contributed by atoms with Crippen molar-refractivity contribution in [2.45, 2.75) is 65.5 Å². The standard InChI is InChI=1S/C18H36N2O/c1-14(2)16-11-19-18(5,15-7-8-15)13-20(16)12-17(3,4)9-10-21-6/h14-16,19H,7-13H2,1-6H3. The molecule has 0 aromatic rings. The average Bonchev–Trinajstić information content (AvgIpc) is 3.20. The molecule has 3 heteroatoms. The van der Waals surface area contributed by atoms with Crippen LogP contribution >= 0.6 is 0 Å². The van der Waals surface area contributed by atoms with E-state index in [0.717, 1.165) is 25.5 Å². The molecule has 0 aromatic carbocycles. The van der Waals surface area contributed by atoms with Crippen LogP contribution in [0.1, 0.15) is 53.9 Å². The van der Waals surface area contributed by atoms with Crippen LogP contribution in [0.25, 0.3) is 0 Å². The summed E-state index contributed by atoms with van der Waals surface area (Å²) < 4.78 is 5.30. The van der Waals surface area contributed by atoms with E-state index >= 15 is 0 Å². The summed E-state index contributed by atoms with van der Waals surface area (Å²) in [5.41, 5.74) is 0.660. The van der Waals surface area contributed by atoms with E-state index in [-0.39, 0.29) is 0 Å². The highest BCUT2D eigenvalue weighted by atomic mass is 16.5. The molecule has 2 atom stereocenters. The van der Waals surface area contributed by atoms with Gasteiger partial charge in [-0.05, 0) is 43.4 Å². The topological polar surface area (TPSA) is 24.5 Å². The van der Waals surface area contributed by atoms with Crippen molar-refractivity contribution < 1.29 is 4.74 Å². The van der Waals surface area contributed by atoms with Gasteiger partial charge in [0.15, 0.2) is 0 Å². The van der Waals surface area contributed by atoms with Crippen molar-refractivity contribution in [3.63, 3.8) is 0 Å². The normalized spacial score (nSPS) is 31.9. The number of ether oxygens (including phenoxy) is 1. The molecule has 2 aliphatic rings. The lowest BCUT2D eigenvalue weighted by Gasteiger charge is -2.50. The molecule has 124 valence electrons. The van der Waals surface area contributed by atoms with Gasteiger partial charge in [0.1, 0.15) is 0 Å². The second-order valence-electron chi connectivity index (χ2n) is 8.70. The lowest BCUT2D eigenvalue weighted by molar-refractivity contribution is 0.0170. The highest BCUT2D eigenvalue weighted by molar-refractivity contribution is 5.05. The van der Waals surface area contributed by atoms with Gasteiger partial charge in [-0.15, -0.1) is 0 Å². The summed E-state index contributed by atoms with van der Waals surface area (Å²) in [5.74, 6) is 1.61. The van der Waals surface area contributed by atoms with Crippen LogP contribution in [0, 0.1) is 17.3 Å². The maximum Gasteiger partial charge on any atom is 0.0467 e. The van der Waals surface area contributed by atoms with Crippen molar-refractivity contribution in [1.29, 1.82) is 0 Å². The van der Waals surface area contributed by atoms with Crippen molar-refractivity contribution in [3.05, 3.63) is 0 Å². The van der Waals surface area contributed by atoms with Crippen LogP contribution in [0.4, 0.5) is 0 Å². The molecular formula is C18H36N2O. The van der Waals surface area contributed by atoms with Gasteiger partial charge in [-0.3, -0.25) is 4.90 Å². The van der Waals surface area contributed by atoms with E-state index in [0.29, 0.717) is 22.9 Å². The third kappa shape index (κ3) is 4.43. The van der Waals surface area contributed by atoms with Gasteiger partial charge in [0, 0.05) is 44.9 Å². The van der Waals surface area contributed by atoms with Crippen LogP contribution in [0.15, 0.2) is 0 Å². The first-order valence-electron chi connectivity index (χ1n) is 8.75. The fourth-order valence-electron chi connectivity index (χ4n) is 3.89. The molecule has 2 unspecified atom stereocenters. The number of piperazine rings is 1. The van der Waals surface area contributed by atoms with Crippen LogP contribution in [-0.4, -0.2) is 49.8 Å². The molecule has 0 radical (unpaired) electrons. The van der Waals surface area contributed by atoms with Gasteiger partial charge in [-0.25, -0.2) is 0 Å². The van der Waals surface area contributed by atoms with Crippen LogP contribution < -0.4 is 5.32 Å². The minimum atomic E-state index is 0.324. The summed E-state index contributed by atoms with van der Waals surface area (Å²) in [4.78, 5) is 2.77. The van der Waals surface area contributed by atoms with Gasteiger partial charge in [0.2, 0.25) is 0 Å². The highest BCUT2D eigenvalue weighted by Gasteiger charge is 2.47. The maximum atomic E-state index is 5.30. The molecule has 0 amide bonds. The van der Waals surface area contributed by atoms with Gasteiger partial charge in [-0.2, -0.15) is 0 Å². The monoisotopic (exact) mass is 296 g/mol. The Morgan fingerprint density at radius 3 is 2.52 bits per heavy atom. The molecule has 0 spiro atoms. The Morgan fingerprint density at radius 2 is 2.00 bits per heavy atom. The largest absolute Gasteiger partial charge is 0.385 e. The molecule has 1 heterocycles. The van der Waals surface area contributed by atoms with E-state index in [1.165, 1.54) is 25.9 Å². The van der Waals surface area contributed by atoms with Crippen LogP contribution in [-0.2, 0) is 4.74 Å². The Morgan fingerprint density at radius 1 is 1.33 bits per heavy atom. The van der Waals surface area contributed by atoms with E-state index < -0.39 is 0 Å². The van der Waals surface area contributed by atoms with Crippen LogP contribution in [0.5, 0.6) is 0 Å². The summed E-state index contributed by atoms with van der Waals surface area (Å²) in [6.07, 6.45) is 3.96. The first-order chi connectivity index (χ1) is 9.77. The van der Waals surface area contributed by atoms with Crippen molar-refractivity contribution in [2.75, 3.05) is 33.4 Å². The van der Waals surface area contributed by atoms with Crippen molar-refractivity contribution in [2.24, 2.45) is 17.3 Å². The Bertz CT molecular complexity index is 338. The van der Waals surface area contributed by atoms with Gasteiger partial charge in [0.25, 0.3) is 0 Å². The van der Waals surface area contributed by atoms with Crippen molar-refractivity contribution >= 4 is 0 Å². The van der Waals surface area contributed by atoms with Gasteiger partial charge in [0.05, 0.1) is 0 Å². The summed E-state index contributed by atoms with van der Waals surface area (Å²) in [5, 5.41) is 3.88. The zero-order valence-corrected chi connectivity index (χ0v) is 15.0. The maximum absolute atomic E-state index is 5.30. The van der Waals surface area contributed by atoms with E-state index in [4.69, 9.17) is 4.74 Å². The molecule has 1 N–H and O–H groups in total. The van der Waals surface area contributed by atoms with Crippen molar-refractivity contribution in [1.82, 2.24) is 10.2 Å². The van der Waals surface area contributed by atoms with Crippen LogP contribution in [0.3, 0.4) is 0 Å². The first kappa shape index (κ1) is 17.2. The zero-order valence-electron chi connectivity index (χ0n) is 15.0. The third-order valence-electron chi connectivity index (χ3n) is 5.58. The molecule has 21 heavy (non-hydrogen) atoms. The molecule has 3 nitrogen and oxygen atoms in total. The van der Waals surface area contributed by atoms with Crippen molar-refractivity contribution in [3.8, 4) is 0 Å². The summed E-state index contributed by atoms with van der Waals surface area (Å²) >= 11 is 0. The molecular weight excluding hydrogens is 260 g/mol. The first-order valence-corrected chi connectivity index (χ1v) is 8.75. The summed E-state index contributed by atoms with van der Waals surface area (Å²) in [6.45, 7) is 16.3. The van der Waals surface area contributed by atoms with Gasteiger partial charge in [-0.1, -0.05) is 27.7 Å². The quantitative estimate of drug-likeness (QED) is 0.781. The van der Waals surface area contributed by atoms with E-state index in [2.05, 4.69) is 44.8 Å². The number of hydrogen-bond acceptors (Lipinski definition) is 3. The number of methoxy groups -OCH3 is 1. The second kappa shape index (κ2) is 6.55. The van der Waals surface area contributed by atoms with E-state index in [1.54, 1.807) is 0 Å². The molecule has 0 bridgehead atoms. The summed E-state index contributed by atoms with van der Waals surface area (Å²) in [7, 11) is 1.81. The molecule has 2 fully saturated rings. The minimum Gasteiger partial charge on any atom is -0.385 e. The number of hydrogen-bond donors (Lipinski definition) is 1. The number of nitrogens with one attached hydrogen (secondary N) is 1. The van der Waals surface area contributed by atoms with Gasteiger partial charge >= 0.3 is 0 Å². The molecule has 0 aromatic heterocycles. The Hall–Kier alpha value is -0.120.